The lowest BCUT2D eigenvalue weighted by Gasteiger charge is -2.37. The van der Waals surface area contributed by atoms with E-state index in [1.54, 1.807) is 0 Å². The van der Waals surface area contributed by atoms with Crippen LogP contribution < -0.4 is 0 Å². The van der Waals surface area contributed by atoms with Crippen LogP contribution in [0.25, 0.3) is 0 Å². The van der Waals surface area contributed by atoms with E-state index in [0.717, 1.165) is 75.3 Å². The standard InChI is InChI=1S/C33H41ClN4O2/c1-23-21-37(22-36-23)16-6-7-25-19-26-20-27(34)11-12-29(26)31(32-30(25)10-5-15-35-32)24-13-17-38(18-14-24)33(39)40-28-8-3-2-4-9-28/h5,10-12,15,20-22,24-25,28,31H,2-4,6-9,13-14,16-19H2,1H3. The Labute approximate surface area is 243 Å². The quantitative estimate of drug-likeness (QED) is 0.310. The third kappa shape index (κ3) is 6.07. The van der Waals surface area contributed by atoms with Crippen molar-refractivity contribution in [1.29, 1.82) is 0 Å². The van der Waals surface area contributed by atoms with E-state index >= 15 is 0 Å². The minimum Gasteiger partial charge on any atom is -0.446 e. The summed E-state index contributed by atoms with van der Waals surface area (Å²) >= 11 is 6.56. The average Bonchev–Trinajstić information content (AvgIpc) is 3.33. The van der Waals surface area contributed by atoms with Crippen molar-refractivity contribution in [2.75, 3.05) is 13.1 Å². The normalized spacial score (nSPS) is 21.9. The fraction of sp³-hybridized carbons (Fsp3) is 0.545. The number of likely N-dealkylation sites (tertiary alicyclic amines) is 1. The number of amides is 1. The molecule has 3 aromatic rings. The van der Waals surface area contributed by atoms with Crippen LogP contribution in [-0.2, 0) is 17.7 Å². The van der Waals surface area contributed by atoms with Crippen LogP contribution in [0.1, 0.15) is 97.7 Å². The van der Waals surface area contributed by atoms with Gasteiger partial charge in [0.05, 0.1) is 17.7 Å². The Morgan fingerprint density at radius 2 is 1.88 bits per heavy atom. The van der Waals surface area contributed by atoms with Crippen molar-refractivity contribution < 1.29 is 9.53 Å². The highest BCUT2D eigenvalue weighted by Gasteiger charge is 2.37. The fourth-order valence-corrected chi connectivity index (χ4v) is 7.47. The van der Waals surface area contributed by atoms with Crippen molar-refractivity contribution in [2.24, 2.45) is 5.92 Å². The first-order valence-corrected chi connectivity index (χ1v) is 15.6. The van der Waals surface area contributed by atoms with Crippen LogP contribution in [0.2, 0.25) is 5.02 Å². The summed E-state index contributed by atoms with van der Waals surface area (Å²) in [5, 5.41) is 0.796. The number of fused-ring (bicyclic) bond motifs is 2. The SMILES string of the molecule is Cc1cn(CCCC2Cc3cc(Cl)ccc3C(C3CCN(C(=O)OC4CCCCC4)CC3)c3ncccc32)cn1. The van der Waals surface area contributed by atoms with Crippen LogP contribution in [0.15, 0.2) is 49.1 Å². The molecule has 6 nitrogen and oxygen atoms in total. The lowest BCUT2D eigenvalue weighted by molar-refractivity contribution is 0.0372. The Hall–Kier alpha value is -2.86. The van der Waals surface area contributed by atoms with E-state index in [1.165, 1.54) is 41.6 Å². The molecule has 0 radical (unpaired) electrons. The first-order valence-electron chi connectivity index (χ1n) is 15.2. The van der Waals surface area contributed by atoms with Gasteiger partial charge in [0.15, 0.2) is 0 Å². The number of imidazole rings is 1. The summed E-state index contributed by atoms with van der Waals surface area (Å²) in [4.78, 5) is 24.3. The molecule has 40 heavy (non-hydrogen) atoms. The molecule has 212 valence electrons. The van der Waals surface area contributed by atoms with Gasteiger partial charge < -0.3 is 14.2 Å². The smallest absolute Gasteiger partial charge is 0.410 e. The Morgan fingerprint density at radius 1 is 1.05 bits per heavy atom. The highest BCUT2D eigenvalue weighted by molar-refractivity contribution is 6.30. The van der Waals surface area contributed by atoms with E-state index in [-0.39, 0.29) is 18.1 Å². The number of pyridine rings is 1. The lowest BCUT2D eigenvalue weighted by Crippen LogP contribution is -2.41. The molecule has 3 heterocycles. The Balaban J connectivity index is 1.21. The molecule has 1 aliphatic heterocycles. The molecule has 0 bridgehead atoms. The number of carbonyl (C=O) groups is 1. The number of benzene rings is 1. The van der Waals surface area contributed by atoms with Gasteiger partial charge in [-0.1, -0.05) is 30.2 Å². The maximum atomic E-state index is 13.0. The summed E-state index contributed by atoms with van der Waals surface area (Å²) in [5.41, 5.74) is 6.36. The van der Waals surface area contributed by atoms with Crippen LogP contribution >= 0.6 is 11.6 Å². The molecule has 2 fully saturated rings. The topological polar surface area (TPSA) is 60.2 Å². The monoisotopic (exact) mass is 560 g/mol. The zero-order valence-corrected chi connectivity index (χ0v) is 24.4. The first-order chi connectivity index (χ1) is 19.5. The molecule has 6 rings (SSSR count). The maximum absolute atomic E-state index is 13.0. The van der Waals surface area contributed by atoms with Gasteiger partial charge in [-0.2, -0.15) is 0 Å². The first kappa shape index (κ1) is 27.3. The van der Waals surface area contributed by atoms with Gasteiger partial charge in [0.2, 0.25) is 0 Å². The molecule has 1 saturated carbocycles. The van der Waals surface area contributed by atoms with Crippen molar-refractivity contribution >= 4 is 17.7 Å². The predicted molar refractivity (Wildman–Crippen MR) is 158 cm³/mol. The second-order valence-electron chi connectivity index (χ2n) is 12.1. The number of halogens is 1. The fourth-order valence-electron chi connectivity index (χ4n) is 7.28. The van der Waals surface area contributed by atoms with Crippen LogP contribution in [0.4, 0.5) is 4.79 Å². The number of ether oxygens (including phenoxy) is 1. The minimum absolute atomic E-state index is 0.100. The molecule has 2 aliphatic carbocycles. The minimum atomic E-state index is -0.120. The molecule has 3 aliphatic rings. The van der Waals surface area contributed by atoms with E-state index in [9.17, 15) is 4.79 Å². The highest BCUT2D eigenvalue weighted by atomic mass is 35.5. The van der Waals surface area contributed by atoms with Crippen molar-refractivity contribution in [2.45, 2.75) is 95.6 Å². The Bertz CT molecular complexity index is 1310. The average molecular weight is 561 g/mol. The number of nitrogens with zero attached hydrogens (tertiary/aromatic N) is 4. The third-order valence-corrected chi connectivity index (χ3v) is 9.57. The molecule has 0 N–H and O–H groups in total. The molecular weight excluding hydrogens is 520 g/mol. The van der Waals surface area contributed by atoms with E-state index in [2.05, 4.69) is 40.0 Å². The highest BCUT2D eigenvalue weighted by Crippen LogP contribution is 2.46. The summed E-state index contributed by atoms with van der Waals surface area (Å²) in [6, 6.07) is 10.8. The largest absolute Gasteiger partial charge is 0.446 e. The summed E-state index contributed by atoms with van der Waals surface area (Å²) in [5.74, 6) is 1.02. The summed E-state index contributed by atoms with van der Waals surface area (Å²) in [6.07, 6.45) is 16.6. The molecule has 1 amide bonds. The summed E-state index contributed by atoms with van der Waals surface area (Å²) in [6.45, 7) is 4.49. The number of hydrogen-bond donors (Lipinski definition) is 0. The van der Waals surface area contributed by atoms with Gasteiger partial charge in [-0.3, -0.25) is 4.98 Å². The van der Waals surface area contributed by atoms with E-state index in [1.807, 2.05) is 30.4 Å². The summed E-state index contributed by atoms with van der Waals surface area (Å²) < 4.78 is 8.09. The number of aryl methyl sites for hydroxylation is 2. The predicted octanol–water partition coefficient (Wildman–Crippen LogP) is 7.67. The van der Waals surface area contributed by atoms with Gasteiger partial charge in [0.25, 0.3) is 0 Å². The second-order valence-corrected chi connectivity index (χ2v) is 12.5. The number of piperidine rings is 1. The molecule has 2 atom stereocenters. The second kappa shape index (κ2) is 12.3. The molecule has 2 unspecified atom stereocenters. The lowest BCUT2D eigenvalue weighted by atomic mass is 9.76. The molecule has 7 heteroatoms. The van der Waals surface area contributed by atoms with Crippen LogP contribution in [-0.4, -0.2) is 44.7 Å². The van der Waals surface area contributed by atoms with Gasteiger partial charge in [-0.25, -0.2) is 9.78 Å². The zero-order chi connectivity index (χ0) is 27.5. The molecule has 1 aromatic carbocycles. The van der Waals surface area contributed by atoms with Crippen molar-refractivity contribution in [3.63, 3.8) is 0 Å². The number of rotatable bonds is 6. The van der Waals surface area contributed by atoms with E-state index in [4.69, 9.17) is 21.3 Å². The van der Waals surface area contributed by atoms with E-state index in [0.29, 0.717) is 11.8 Å². The molecular formula is C33H41ClN4O2. The van der Waals surface area contributed by atoms with Gasteiger partial charge in [0.1, 0.15) is 6.10 Å². The summed E-state index contributed by atoms with van der Waals surface area (Å²) in [7, 11) is 0. The van der Waals surface area contributed by atoms with Crippen LogP contribution in [0, 0.1) is 12.8 Å². The van der Waals surface area contributed by atoms with Gasteiger partial charge in [-0.15, -0.1) is 0 Å². The van der Waals surface area contributed by atoms with Crippen LogP contribution in [0.5, 0.6) is 0 Å². The molecule has 0 spiro atoms. The number of hydrogen-bond acceptors (Lipinski definition) is 4. The van der Waals surface area contributed by atoms with Gasteiger partial charge in [-0.05, 0) is 111 Å². The molecule has 1 saturated heterocycles. The van der Waals surface area contributed by atoms with E-state index < -0.39 is 0 Å². The van der Waals surface area contributed by atoms with Gasteiger partial charge in [0, 0.05) is 43.0 Å². The number of carbonyl (C=O) groups excluding carboxylic acids is 1. The third-order valence-electron chi connectivity index (χ3n) is 9.33. The van der Waals surface area contributed by atoms with Crippen molar-refractivity contribution in [3.8, 4) is 0 Å². The van der Waals surface area contributed by atoms with Gasteiger partial charge >= 0.3 is 6.09 Å². The maximum Gasteiger partial charge on any atom is 0.410 e. The van der Waals surface area contributed by atoms with Crippen molar-refractivity contribution in [1.82, 2.24) is 19.4 Å². The molecule has 2 aromatic heterocycles. The Kier molecular flexibility index (Phi) is 8.43. The Morgan fingerprint density at radius 3 is 2.65 bits per heavy atom. The van der Waals surface area contributed by atoms with Crippen LogP contribution in [0.3, 0.4) is 0 Å². The number of aromatic nitrogens is 3. The zero-order valence-electron chi connectivity index (χ0n) is 23.6. The van der Waals surface area contributed by atoms with Crippen molar-refractivity contribution in [3.05, 3.63) is 82.2 Å².